The lowest BCUT2D eigenvalue weighted by atomic mass is 10.0. The van der Waals surface area contributed by atoms with E-state index in [0.717, 1.165) is 5.56 Å². The first kappa shape index (κ1) is 23.2. The van der Waals surface area contributed by atoms with Gasteiger partial charge in [0.25, 0.3) is 5.91 Å². The van der Waals surface area contributed by atoms with Gasteiger partial charge in [-0.05, 0) is 56.7 Å². The van der Waals surface area contributed by atoms with Crippen molar-refractivity contribution in [2.45, 2.75) is 39.4 Å². The first-order chi connectivity index (χ1) is 15.2. The molecule has 1 fully saturated rings. The van der Waals surface area contributed by atoms with Crippen LogP contribution in [0.4, 0.5) is 4.39 Å². The number of hydrogen-bond donors (Lipinski definition) is 1. The number of benzene rings is 2. The number of carbonyl (C=O) groups is 2. The van der Waals surface area contributed by atoms with Gasteiger partial charge >= 0.3 is 0 Å². The van der Waals surface area contributed by atoms with E-state index in [4.69, 9.17) is 10.5 Å². The second kappa shape index (κ2) is 9.77. The molecule has 0 saturated carbocycles. The van der Waals surface area contributed by atoms with Crippen LogP contribution in [0.5, 0.6) is 5.75 Å². The monoisotopic (exact) mass is 439 g/mol. The normalized spacial score (nSPS) is 18.9. The minimum absolute atomic E-state index is 0.0352. The van der Waals surface area contributed by atoms with Crippen LogP contribution in [0.25, 0.3) is 0 Å². The molecule has 1 saturated heterocycles. The lowest BCUT2D eigenvalue weighted by Gasteiger charge is -2.45. The van der Waals surface area contributed by atoms with E-state index in [9.17, 15) is 18.8 Å². The van der Waals surface area contributed by atoms with Gasteiger partial charge < -0.3 is 15.4 Å². The highest BCUT2D eigenvalue weighted by Crippen LogP contribution is 2.27. The molecule has 2 aromatic carbocycles. The Morgan fingerprint density at radius 2 is 1.88 bits per heavy atom. The summed E-state index contributed by atoms with van der Waals surface area (Å²) in [6.45, 7) is 6.43. The Bertz CT molecular complexity index is 1060. The molecular weight excluding hydrogens is 413 g/mol. The van der Waals surface area contributed by atoms with E-state index in [0.29, 0.717) is 24.4 Å². The predicted octanol–water partition coefficient (Wildman–Crippen LogP) is 2.77. The summed E-state index contributed by atoms with van der Waals surface area (Å²) in [6, 6.07) is 10.4. The van der Waals surface area contributed by atoms with Crippen molar-refractivity contribution >= 4 is 17.6 Å². The molecule has 1 amide bonds. The van der Waals surface area contributed by atoms with Gasteiger partial charge in [0.1, 0.15) is 29.9 Å². The molecule has 1 heterocycles. The zero-order valence-corrected chi connectivity index (χ0v) is 18.3. The zero-order chi connectivity index (χ0) is 23.4. The summed E-state index contributed by atoms with van der Waals surface area (Å²) in [7, 11) is 0. The van der Waals surface area contributed by atoms with Gasteiger partial charge in [0.2, 0.25) is 0 Å². The number of rotatable bonds is 7. The fourth-order valence-electron chi connectivity index (χ4n) is 3.80. The lowest BCUT2D eigenvalue weighted by molar-refractivity contribution is 0.0282. The summed E-state index contributed by atoms with van der Waals surface area (Å²) in [4.78, 5) is 39.2. The molecular formula is C24H26FN3O4. The van der Waals surface area contributed by atoms with Gasteiger partial charge in [0.05, 0.1) is 11.6 Å². The molecule has 0 bridgehead atoms. The van der Waals surface area contributed by atoms with E-state index in [-0.39, 0.29) is 41.7 Å². The number of halogens is 1. The van der Waals surface area contributed by atoms with Gasteiger partial charge in [-0.2, -0.15) is 0 Å². The minimum Gasteiger partial charge on any atom is -0.477 e. The fraction of sp³-hybridized carbons (Fsp3) is 0.333. The third-order valence-electron chi connectivity index (χ3n) is 5.69. The van der Waals surface area contributed by atoms with Crippen molar-refractivity contribution in [3.05, 3.63) is 70.7 Å². The molecule has 0 unspecified atom stereocenters. The standard InChI is InChI=1S/C24H26FN3O4/c1-15-11-27(14-32-23-9-6-19(17(3)30)10-21(23)24(26)31)16(2)22(13-29)28(15)12-18-4-7-20(25)8-5-18/h4-10,15-16H,11-12,14H2,1-3H3,(H2,26,31)/t15-,16+/m1/s1. The number of primary amides is 1. The smallest absolute Gasteiger partial charge is 0.252 e. The molecule has 32 heavy (non-hydrogen) atoms. The molecule has 168 valence electrons. The van der Waals surface area contributed by atoms with Gasteiger partial charge in [0.15, 0.2) is 5.78 Å². The Hall–Kier alpha value is -3.48. The molecule has 7 nitrogen and oxygen atoms in total. The van der Waals surface area contributed by atoms with Crippen LogP contribution in [-0.4, -0.2) is 52.8 Å². The third-order valence-corrected chi connectivity index (χ3v) is 5.69. The van der Waals surface area contributed by atoms with Crippen molar-refractivity contribution in [3.63, 3.8) is 0 Å². The summed E-state index contributed by atoms with van der Waals surface area (Å²) in [5.74, 6) is 1.14. The molecule has 0 radical (unpaired) electrons. The number of nitrogens with two attached hydrogens (primary N) is 1. The Morgan fingerprint density at radius 3 is 2.47 bits per heavy atom. The second-order valence-electron chi connectivity index (χ2n) is 7.94. The van der Waals surface area contributed by atoms with Crippen molar-refractivity contribution in [2.24, 2.45) is 5.73 Å². The predicted molar refractivity (Wildman–Crippen MR) is 117 cm³/mol. The average Bonchev–Trinajstić information content (AvgIpc) is 2.76. The molecule has 3 rings (SSSR count). The van der Waals surface area contributed by atoms with Gasteiger partial charge in [-0.1, -0.05) is 12.1 Å². The molecule has 0 spiro atoms. The van der Waals surface area contributed by atoms with Crippen LogP contribution in [-0.2, 0) is 11.3 Å². The first-order valence-corrected chi connectivity index (χ1v) is 10.3. The zero-order valence-electron chi connectivity index (χ0n) is 18.3. The number of ether oxygens (including phenoxy) is 1. The van der Waals surface area contributed by atoms with Crippen LogP contribution in [0, 0.1) is 5.82 Å². The SMILES string of the molecule is CC(=O)c1ccc(OCN2C[C@@H](C)N(Cc3ccc(F)cc3)C(=C=O)[C@@H]2C)c(C(N)=O)c1. The molecule has 8 heteroatoms. The van der Waals surface area contributed by atoms with Crippen LogP contribution >= 0.6 is 0 Å². The van der Waals surface area contributed by atoms with E-state index in [1.807, 2.05) is 23.6 Å². The highest BCUT2D eigenvalue weighted by atomic mass is 19.1. The third kappa shape index (κ3) is 5.04. The first-order valence-electron chi connectivity index (χ1n) is 10.3. The van der Waals surface area contributed by atoms with E-state index in [2.05, 4.69) is 5.94 Å². The Morgan fingerprint density at radius 1 is 1.19 bits per heavy atom. The van der Waals surface area contributed by atoms with E-state index < -0.39 is 5.91 Å². The Kier molecular flexibility index (Phi) is 7.08. The molecule has 0 aromatic heterocycles. The highest BCUT2D eigenvalue weighted by Gasteiger charge is 2.34. The van der Waals surface area contributed by atoms with Crippen LogP contribution in [0.2, 0.25) is 0 Å². The number of carbonyl (C=O) groups excluding carboxylic acids is 3. The van der Waals surface area contributed by atoms with Gasteiger partial charge in [0, 0.05) is 24.7 Å². The van der Waals surface area contributed by atoms with E-state index in [1.165, 1.54) is 25.1 Å². The van der Waals surface area contributed by atoms with Crippen LogP contribution in [0.15, 0.2) is 48.2 Å². The Labute approximate surface area is 186 Å². The molecule has 0 aliphatic carbocycles. The number of Topliss-reactive ketones (excluding diaryl/α,β-unsaturated/α-hetero) is 1. The number of hydrogen-bond acceptors (Lipinski definition) is 6. The summed E-state index contributed by atoms with van der Waals surface area (Å²) in [5, 5.41) is 0. The lowest BCUT2D eigenvalue weighted by Crippen LogP contribution is -2.55. The molecule has 2 N–H and O–H groups in total. The van der Waals surface area contributed by atoms with Crippen molar-refractivity contribution in [1.29, 1.82) is 0 Å². The molecule has 1 aliphatic heterocycles. The number of amides is 1. The van der Waals surface area contributed by atoms with Crippen LogP contribution in [0.3, 0.4) is 0 Å². The van der Waals surface area contributed by atoms with Gasteiger partial charge in [-0.15, -0.1) is 0 Å². The second-order valence-corrected chi connectivity index (χ2v) is 7.94. The fourth-order valence-corrected chi connectivity index (χ4v) is 3.80. The topological polar surface area (TPSA) is 92.9 Å². The van der Waals surface area contributed by atoms with Gasteiger partial charge in [-0.3, -0.25) is 14.5 Å². The largest absolute Gasteiger partial charge is 0.477 e. The minimum atomic E-state index is -0.692. The molecule has 1 aliphatic rings. The highest BCUT2D eigenvalue weighted by molar-refractivity contribution is 6.00. The molecule has 2 atom stereocenters. The Balaban J connectivity index is 1.74. The summed E-state index contributed by atoms with van der Waals surface area (Å²) < 4.78 is 19.1. The van der Waals surface area contributed by atoms with E-state index in [1.54, 1.807) is 24.3 Å². The van der Waals surface area contributed by atoms with Crippen molar-refractivity contribution < 1.29 is 23.5 Å². The summed E-state index contributed by atoms with van der Waals surface area (Å²) in [5.41, 5.74) is 7.31. The summed E-state index contributed by atoms with van der Waals surface area (Å²) >= 11 is 0. The maximum atomic E-state index is 13.2. The maximum absolute atomic E-state index is 13.2. The van der Waals surface area contributed by atoms with Crippen molar-refractivity contribution in [1.82, 2.24) is 9.80 Å². The average molecular weight is 439 g/mol. The van der Waals surface area contributed by atoms with Crippen LogP contribution in [0.1, 0.15) is 47.1 Å². The quantitative estimate of drug-likeness (QED) is 0.527. The van der Waals surface area contributed by atoms with E-state index >= 15 is 0 Å². The van der Waals surface area contributed by atoms with Crippen LogP contribution < -0.4 is 10.5 Å². The number of ketones is 1. The number of nitrogens with zero attached hydrogens (tertiary/aromatic N) is 2. The van der Waals surface area contributed by atoms with Crippen molar-refractivity contribution in [3.8, 4) is 5.75 Å². The maximum Gasteiger partial charge on any atom is 0.252 e. The van der Waals surface area contributed by atoms with Gasteiger partial charge in [-0.25, -0.2) is 9.18 Å². The summed E-state index contributed by atoms with van der Waals surface area (Å²) in [6.07, 6.45) is 0. The molecule has 2 aromatic rings. The van der Waals surface area contributed by atoms with Crippen molar-refractivity contribution in [2.75, 3.05) is 13.3 Å². The number of piperazine rings is 1.